The van der Waals surface area contributed by atoms with Gasteiger partial charge in [-0.2, -0.15) is 0 Å². The first-order chi connectivity index (χ1) is 19.7. The molecule has 0 aliphatic carbocycles. The van der Waals surface area contributed by atoms with Gasteiger partial charge in [0, 0.05) is 30.9 Å². The molecule has 1 unspecified atom stereocenters. The van der Waals surface area contributed by atoms with Gasteiger partial charge in [0.25, 0.3) is 0 Å². The van der Waals surface area contributed by atoms with Crippen molar-refractivity contribution in [3.05, 3.63) is 84.2 Å². The van der Waals surface area contributed by atoms with E-state index in [2.05, 4.69) is 25.6 Å². The fourth-order valence-electron chi connectivity index (χ4n) is 4.30. The second-order valence-corrected chi connectivity index (χ2v) is 9.75. The molecular weight excluding hydrogens is 522 g/mol. The van der Waals surface area contributed by atoms with E-state index in [1.54, 1.807) is 18.3 Å². The highest BCUT2D eigenvalue weighted by Crippen LogP contribution is 2.30. The molecular formula is C30H35N7O4. The number of aliphatic carboxylic acids is 1. The van der Waals surface area contributed by atoms with Gasteiger partial charge in [-0.1, -0.05) is 75.7 Å². The number of aromatic amines is 1. The molecule has 11 nitrogen and oxygen atoms in total. The number of amides is 2. The van der Waals surface area contributed by atoms with Gasteiger partial charge in [-0.05, 0) is 51.6 Å². The van der Waals surface area contributed by atoms with Crippen molar-refractivity contribution in [1.29, 1.82) is 0 Å². The summed E-state index contributed by atoms with van der Waals surface area (Å²) in [5.41, 5.74) is 9.08. The Morgan fingerprint density at radius 2 is 1.71 bits per heavy atom. The van der Waals surface area contributed by atoms with Crippen LogP contribution in [0.1, 0.15) is 56.0 Å². The molecule has 0 saturated carbocycles. The summed E-state index contributed by atoms with van der Waals surface area (Å²) in [5.74, 6) is -1.15. The van der Waals surface area contributed by atoms with E-state index in [0.717, 1.165) is 35.1 Å². The van der Waals surface area contributed by atoms with Crippen molar-refractivity contribution in [2.75, 3.05) is 0 Å². The number of benzene rings is 2. The van der Waals surface area contributed by atoms with Crippen LogP contribution >= 0.6 is 0 Å². The number of hydrogen-bond donors (Lipinski definition) is 3. The summed E-state index contributed by atoms with van der Waals surface area (Å²) in [7, 11) is 0. The average molecular weight is 558 g/mol. The molecule has 0 radical (unpaired) electrons. The number of carbonyl (C=O) groups excluding carboxylic acids is 2. The minimum Gasteiger partial charge on any atom is -0.480 e. The van der Waals surface area contributed by atoms with Crippen LogP contribution in [0.5, 0.6) is 0 Å². The number of nitrogens with zero attached hydrogens (tertiary/aromatic N) is 5. The number of carbonyl (C=O) groups is 3. The molecule has 4 N–H and O–H groups in total. The van der Waals surface area contributed by atoms with Crippen LogP contribution in [0.25, 0.3) is 22.5 Å². The largest absolute Gasteiger partial charge is 0.480 e. The Hall–Kier alpha value is -4.93. The van der Waals surface area contributed by atoms with Gasteiger partial charge in [0.05, 0.1) is 5.56 Å². The first kappa shape index (κ1) is 30.6. The van der Waals surface area contributed by atoms with Crippen molar-refractivity contribution in [1.82, 2.24) is 30.5 Å². The molecule has 0 aliphatic heterocycles. The highest BCUT2D eigenvalue weighted by atomic mass is 16.4. The summed E-state index contributed by atoms with van der Waals surface area (Å²) in [4.78, 5) is 40.4. The molecule has 0 bridgehead atoms. The smallest absolute Gasteiger partial charge is 0.326 e. The number of H-pyrrole nitrogens is 1. The molecule has 4 rings (SSSR count). The minimum absolute atomic E-state index is 0.125. The summed E-state index contributed by atoms with van der Waals surface area (Å²) in [6, 6.07) is 18.0. The lowest BCUT2D eigenvalue weighted by molar-refractivity contribution is -0.153. The van der Waals surface area contributed by atoms with Gasteiger partial charge in [-0.25, -0.2) is 9.89 Å². The highest BCUT2D eigenvalue weighted by Gasteiger charge is 2.32. The SMILES string of the molecule is CCCCC(=O)N(Cc1ccc(-c2ccccc2-c2nnn[nH]2)cc1)C(C(=O)O)C(C)C.NC(=O)c1cccnc1. The van der Waals surface area contributed by atoms with Crippen molar-refractivity contribution < 1.29 is 19.5 Å². The third-order valence-electron chi connectivity index (χ3n) is 6.38. The lowest BCUT2D eigenvalue weighted by Gasteiger charge is -2.32. The molecule has 2 aromatic heterocycles. The summed E-state index contributed by atoms with van der Waals surface area (Å²) in [6.45, 7) is 5.93. The quantitative estimate of drug-likeness (QED) is 0.245. The van der Waals surface area contributed by atoms with Gasteiger partial charge in [0.2, 0.25) is 11.8 Å². The van der Waals surface area contributed by atoms with Crippen LogP contribution in [0.3, 0.4) is 0 Å². The topological polar surface area (TPSA) is 168 Å². The number of hydrogen-bond acceptors (Lipinski definition) is 7. The zero-order chi connectivity index (χ0) is 29.8. The first-order valence-electron chi connectivity index (χ1n) is 13.4. The van der Waals surface area contributed by atoms with Crippen molar-refractivity contribution in [2.45, 2.75) is 52.6 Å². The summed E-state index contributed by atoms with van der Waals surface area (Å²) in [5, 5.41) is 23.9. The van der Waals surface area contributed by atoms with Crippen LogP contribution in [-0.2, 0) is 16.1 Å². The van der Waals surface area contributed by atoms with Crippen molar-refractivity contribution >= 4 is 17.8 Å². The number of pyridine rings is 1. The molecule has 214 valence electrons. The molecule has 0 fully saturated rings. The summed E-state index contributed by atoms with van der Waals surface area (Å²) < 4.78 is 0. The molecule has 11 heteroatoms. The van der Waals surface area contributed by atoms with Crippen molar-refractivity contribution in [3.8, 4) is 22.5 Å². The molecule has 2 heterocycles. The van der Waals surface area contributed by atoms with Crippen LogP contribution in [0.2, 0.25) is 0 Å². The second kappa shape index (κ2) is 15.0. The highest BCUT2D eigenvalue weighted by molar-refractivity contribution is 5.92. The van der Waals surface area contributed by atoms with Crippen LogP contribution in [0.15, 0.2) is 73.1 Å². The van der Waals surface area contributed by atoms with Crippen LogP contribution in [0.4, 0.5) is 0 Å². The van der Waals surface area contributed by atoms with Crippen LogP contribution < -0.4 is 5.73 Å². The Morgan fingerprint density at radius 3 is 2.22 bits per heavy atom. The predicted octanol–water partition coefficient (Wildman–Crippen LogP) is 4.34. The fourth-order valence-corrected chi connectivity index (χ4v) is 4.30. The zero-order valence-electron chi connectivity index (χ0n) is 23.4. The van der Waals surface area contributed by atoms with E-state index in [1.165, 1.54) is 11.1 Å². The molecule has 41 heavy (non-hydrogen) atoms. The van der Waals surface area contributed by atoms with E-state index in [1.807, 2.05) is 69.3 Å². The van der Waals surface area contributed by atoms with Crippen LogP contribution in [-0.4, -0.2) is 59.4 Å². The number of nitrogens with one attached hydrogen (secondary N) is 1. The van der Waals surface area contributed by atoms with E-state index in [4.69, 9.17) is 5.73 Å². The van der Waals surface area contributed by atoms with Crippen LogP contribution in [0, 0.1) is 5.92 Å². The Balaban J connectivity index is 0.000000436. The number of rotatable bonds is 11. The average Bonchev–Trinajstić information content (AvgIpc) is 3.51. The number of nitrogens with two attached hydrogens (primary N) is 1. The molecule has 1 atom stereocenters. The van der Waals surface area contributed by atoms with Gasteiger partial charge in [0.15, 0.2) is 5.82 Å². The maximum atomic E-state index is 12.9. The van der Waals surface area contributed by atoms with E-state index in [-0.39, 0.29) is 18.4 Å². The maximum absolute atomic E-state index is 12.9. The number of primary amides is 1. The van der Waals surface area contributed by atoms with Gasteiger partial charge >= 0.3 is 5.97 Å². The van der Waals surface area contributed by atoms with E-state index >= 15 is 0 Å². The number of carboxylic acid groups (broad SMARTS) is 1. The first-order valence-corrected chi connectivity index (χ1v) is 13.4. The molecule has 2 aromatic carbocycles. The predicted molar refractivity (Wildman–Crippen MR) is 154 cm³/mol. The summed E-state index contributed by atoms with van der Waals surface area (Å²) in [6.07, 6.45) is 5.00. The Labute approximate surface area is 238 Å². The standard InChI is InChI=1S/C24H29N5O3.C6H6N2O/c1-4-5-10-21(30)29(22(16(2)3)24(31)32)15-17-11-13-18(14-12-17)19-8-6-7-9-20(19)23-25-27-28-26-23;7-6(9)5-2-1-3-8-4-5/h6-9,11-14,16,22H,4-5,10,15H2,1-3H3,(H,31,32)(H,25,26,27,28);1-4H,(H2,7,9). The maximum Gasteiger partial charge on any atom is 0.326 e. The molecule has 2 amide bonds. The normalized spacial score (nSPS) is 11.3. The Bertz CT molecular complexity index is 1410. The van der Waals surface area contributed by atoms with Crippen molar-refractivity contribution in [3.63, 3.8) is 0 Å². The monoisotopic (exact) mass is 557 g/mol. The van der Waals surface area contributed by atoms with Gasteiger partial charge in [0.1, 0.15) is 6.04 Å². The molecule has 0 saturated heterocycles. The zero-order valence-corrected chi connectivity index (χ0v) is 23.4. The summed E-state index contributed by atoms with van der Waals surface area (Å²) >= 11 is 0. The number of carboxylic acids is 1. The Kier molecular flexibility index (Phi) is 11.2. The van der Waals surface area contributed by atoms with Gasteiger partial charge < -0.3 is 15.7 Å². The Morgan fingerprint density at radius 1 is 1.00 bits per heavy atom. The van der Waals surface area contributed by atoms with Gasteiger partial charge in [-0.15, -0.1) is 5.10 Å². The number of unbranched alkanes of at least 4 members (excludes halogenated alkanes) is 1. The number of tetrazole rings is 1. The van der Waals surface area contributed by atoms with Gasteiger partial charge in [-0.3, -0.25) is 14.6 Å². The van der Waals surface area contributed by atoms with Crippen molar-refractivity contribution in [2.24, 2.45) is 11.7 Å². The van der Waals surface area contributed by atoms with E-state index in [0.29, 0.717) is 17.8 Å². The molecule has 0 aliphatic rings. The lowest BCUT2D eigenvalue weighted by Crippen LogP contribution is -2.47. The second-order valence-electron chi connectivity index (χ2n) is 9.75. The third kappa shape index (κ3) is 8.53. The molecule has 4 aromatic rings. The third-order valence-corrected chi connectivity index (χ3v) is 6.38. The van der Waals surface area contributed by atoms with E-state index in [9.17, 15) is 19.5 Å². The molecule has 0 spiro atoms. The van der Waals surface area contributed by atoms with E-state index < -0.39 is 17.9 Å². The lowest BCUT2D eigenvalue weighted by atomic mass is 9.97. The fraction of sp³-hybridized carbons (Fsp3) is 0.300. The number of aromatic nitrogens is 5. The minimum atomic E-state index is -0.976.